The molecule has 0 unspecified atom stereocenters. The lowest BCUT2D eigenvalue weighted by molar-refractivity contribution is 0.0518. The average molecular weight is 222 g/mol. The average Bonchev–Trinajstić information content (AvgIpc) is 2.80. The predicted molar refractivity (Wildman–Crippen MR) is 60.3 cm³/mol. The number of esters is 1. The molecule has 1 heterocycles. The quantitative estimate of drug-likeness (QED) is 0.794. The summed E-state index contributed by atoms with van der Waals surface area (Å²) in [6.07, 6.45) is 2.28. The van der Waals surface area contributed by atoms with Gasteiger partial charge in [0.1, 0.15) is 0 Å². The third kappa shape index (κ3) is 2.10. The normalized spacial score (nSPS) is 23.2. The Hall–Kier alpha value is -1.32. The van der Waals surface area contributed by atoms with Crippen molar-refractivity contribution in [2.24, 2.45) is 11.8 Å². The molecular formula is C12H18N2O2. The van der Waals surface area contributed by atoms with Gasteiger partial charge in [-0.15, -0.1) is 0 Å². The molecule has 1 aromatic heterocycles. The van der Waals surface area contributed by atoms with Crippen LogP contribution < -0.4 is 0 Å². The Morgan fingerprint density at radius 2 is 2.31 bits per heavy atom. The summed E-state index contributed by atoms with van der Waals surface area (Å²) in [7, 11) is 0. The van der Waals surface area contributed by atoms with Crippen LogP contribution in [-0.4, -0.2) is 22.8 Å². The lowest BCUT2D eigenvalue weighted by Gasteiger charge is -2.00. The fraction of sp³-hybridized carbons (Fsp3) is 0.667. The molecule has 0 aliphatic heterocycles. The Bertz CT molecular complexity index is 398. The summed E-state index contributed by atoms with van der Waals surface area (Å²) < 4.78 is 4.94. The zero-order valence-electron chi connectivity index (χ0n) is 10.0. The monoisotopic (exact) mass is 222 g/mol. The highest BCUT2D eigenvalue weighted by atomic mass is 16.5. The summed E-state index contributed by atoms with van der Waals surface area (Å²) in [6, 6.07) is 0. The van der Waals surface area contributed by atoms with Gasteiger partial charge < -0.3 is 4.74 Å². The number of H-pyrrole nitrogens is 1. The number of aromatic nitrogens is 2. The Morgan fingerprint density at radius 3 is 2.88 bits per heavy atom. The first-order chi connectivity index (χ1) is 7.63. The molecule has 0 spiro atoms. The summed E-state index contributed by atoms with van der Waals surface area (Å²) in [4.78, 5) is 11.5. The van der Waals surface area contributed by atoms with E-state index in [9.17, 15) is 4.79 Å². The molecule has 0 saturated heterocycles. The topological polar surface area (TPSA) is 55.0 Å². The number of hydrogen-bond donors (Lipinski definition) is 1. The molecule has 4 heteroatoms. The van der Waals surface area contributed by atoms with Crippen LogP contribution in [0.3, 0.4) is 0 Å². The fourth-order valence-electron chi connectivity index (χ4n) is 1.98. The maximum atomic E-state index is 11.5. The predicted octanol–water partition coefficient (Wildman–Crippen LogP) is 2.09. The first-order valence-corrected chi connectivity index (χ1v) is 5.84. The molecular weight excluding hydrogens is 204 g/mol. The maximum absolute atomic E-state index is 11.5. The van der Waals surface area contributed by atoms with E-state index >= 15 is 0 Å². The number of aromatic amines is 1. The first-order valence-electron chi connectivity index (χ1n) is 5.84. The van der Waals surface area contributed by atoms with Crippen molar-refractivity contribution in [3.63, 3.8) is 0 Å². The minimum atomic E-state index is -0.327. The second-order valence-electron chi connectivity index (χ2n) is 4.57. The van der Waals surface area contributed by atoms with E-state index in [0.29, 0.717) is 12.3 Å². The van der Waals surface area contributed by atoms with Crippen molar-refractivity contribution in [2.45, 2.75) is 33.6 Å². The van der Waals surface area contributed by atoms with E-state index in [1.807, 2.05) is 6.92 Å². The van der Waals surface area contributed by atoms with Gasteiger partial charge in [0.15, 0.2) is 5.69 Å². The van der Waals surface area contributed by atoms with Crippen LogP contribution >= 0.6 is 0 Å². The number of nitrogens with zero attached hydrogens (tertiary/aromatic N) is 1. The summed E-state index contributed by atoms with van der Waals surface area (Å²) in [6.45, 7) is 6.37. The zero-order valence-corrected chi connectivity index (χ0v) is 10.0. The van der Waals surface area contributed by atoms with Crippen LogP contribution in [0.25, 0.3) is 0 Å². The zero-order chi connectivity index (χ0) is 11.7. The van der Waals surface area contributed by atoms with Crippen LogP contribution in [0.4, 0.5) is 0 Å². The third-order valence-electron chi connectivity index (χ3n) is 3.32. The molecule has 1 fully saturated rings. The molecule has 1 aliphatic rings. The molecule has 2 atom stereocenters. The van der Waals surface area contributed by atoms with E-state index in [1.165, 1.54) is 6.42 Å². The van der Waals surface area contributed by atoms with E-state index in [-0.39, 0.29) is 5.97 Å². The van der Waals surface area contributed by atoms with Gasteiger partial charge in [0.25, 0.3) is 0 Å². The number of rotatable bonds is 4. The second kappa shape index (κ2) is 4.28. The van der Waals surface area contributed by atoms with Crippen molar-refractivity contribution in [3.8, 4) is 0 Å². The fourth-order valence-corrected chi connectivity index (χ4v) is 1.98. The summed E-state index contributed by atoms with van der Waals surface area (Å²) in [5, 5.41) is 7.00. The number of nitrogens with one attached hydrogen (secondary N) is 1. The second-order valence-corrected chi connectivity index (χ2v) is 4.57. The van der Waals surface area contributed by atoms with Crippen LogP contribution in [-0.2, 0) is 11.2 Å². The standard InChI is InChI=1S/C12H18N2O2/c1-4-16-12(15)11-8(3)10(13-14-11)6-9-5-7(9)2/h7,9H,4-6H2,1-3H3,(H,13,14)/t7-,9-/m1/s1. The van der Waals surface area contributed by atoms with E-state index in [2.05, 4.69) is 17.1 Å². The lowest BCUT2D eigenvalue weighted by Crippen LogP contribution is -2.06. The molecule has 1 N–H and O–H groups in total. The Morgan fingerprint density at radius 1 is 1.62 bits per heavy atom. The Balaban J connectivity index is 2.07. The van der Waals surface area contributed by atoms with Gasteiger partial charge in [0.2, 0.25) is 0 Å². The van der Waals surface area contributed by atoms with E-state index in [0.717, 1.165) is 29.5 Å². The molecule has 0 radical (unpaired) electrons. The van der Waals surface area contributed by atoms with Crippen LogP contribution in [0.2, 0.25) is 0 Å². The van der Waals surface area contributed by atoms with Gasteiger partial charge in [-0.05, 0) is 38.5 Å². The van der Waals surface area contributed by atoms with Crippen LogP contribution in [0.5, 0.6) is 0 Å². The van der Waals surface area contributed by atoms with Crippen molar-refractivity contribution in [1.82, 2.24) is 10.2 Å². The molecule has 0 bridgehead atoms. The van der Waals surface area contributed by atoms with Gasteiger partial charge in [0, 0.05) is 11.3 Å². The Kier molecular flexibility index (Phi) is 2.99. The van der Waals surface area contributed by atoms with E-state index < -0.39 is 0 Å². The van der Waals surface area contributed by atoms with Crippen molar-refractivity contribution >= 4 is 5.97 Å². The Labute approximate surface area is 95.4 Å². The van der Waals surface area contributed by atoms with Crippen molar-refractivity contribution < 1.29 is 9.53 Å². The van der Waals surface area contributed by atoms with Gasteiger partial charge in [-0.25, -0.2) is 4.79 Å². The number of ether oxygens (including phenoxy) is 1. The molecule has 1 aromatic rings. The summed E-state index contributed by atoms with van der Waals surface area (Å²) >= 11 is 0. The van der Waals surface area contributed by atoms with Gasteiger partial charge >= 0.3 is 5.97 Å². The molecule has 1 aliphatic carbocycles. The van der Waals surface area contributed by atoms with Gasteiger partial charge in [-0.2, -0.15) is 5.10 Å². The van der Waals surface area contributed by atoms with Crippen molar-refractivity contribution in [3.05, 3.63) is 17.0 Å². The lowest BCUT2D eigenvalue weighted by atomic mass is 10.1. The van der Waals surface area contributed by atoms with Gasteiger partial charge in [-0.1, -0.05) is 6.92 Å². The molecule has 2 rings (SSSR count). The number of hydrogen-bond acceptors (Lipinski definition) is 3. The van der Waals surface area contributed by atoms with Gasteiger partial charge in [0.05, 0.1) is 6.61 Å². The van der Waals surface area contributed by atoms with E-state index in [1.54, 1.807) is 6.92 Å². The smallest absolute Gasteiger partial charge is 0.359 e. The van der Waals surface area contributed by atoms with E-state index in [4.69, 9.17) is 4.74 Å². The highest BCUT2D eigenvalue weighted by molar-refractivity contribution is 5.89. The SMILES string of the molecule is CCOC(=O)c1n[nH]c(C[C@H]2C[C@H]2C)c1C. The number of carbonyl (C=O) groups excluding carboxylic acids is 1. The van der Waals surface area contributed by atoms with Crippen LogP contribution in [0.15, 0.2) is 0 Å². The molecule has 16 heavy (non-hydrogen) atoms. The first kappa shape index (κ1) is 11.2. The summed E-state index contributed by atoms with van der Waals surface area (Å²) in [5.41, 5.74) is 2.46. The maximum Gasteiger partial charge on any atom is 0.359 e. The minimum Gasteiger partial charge on any atom is -0.461 e. The summed E-state index contributed by atoms with van der Waals surface area (Å²) in [5.74, 6) is 1.24. The van der Waals surface area contributed by atoms with Crippen LogP contribution in [0, 0.1) is 18.8 Å². The highest BCUT2D eigenvalue weighted by Gasteiger charge is 2.33. The highest BCUT2D eigenvalue weighted by Crippen LogP contribution is 2.40. The molecule has 4 nitrogen and oxygen atoms in total. The van der Waals surface area contributed by atoms with Crippen molar-refractivity contribution in [1.29, 1.82) is 0 Å². The number of carbonyl (C=O) groups is 1. The van der Waals surface area contributed by atoms with Gasteiger partial charge in [-0.3, -0.25) is 5.10 Å². The minimum absolute atomic E-state index is 0.327. The molecule has 88 valence electrons. The van der Waals surface area contributed by atoms with Crippen molar-refractivity contribution in [2.75, 3.05) is 6.61 Å². The third-order valence-corrected chi connectivity index (χ3v) is 3.32. The molecule has 1 saturated carbocycles. The largest absolute Gasteiger partial charge is 0.461 e. The molecule has 0 aromatic carbocycles. The van der Waals surface area contributed by atoms with Crippen LogP contribution in [0.1, 0.15) is 42.0 Å². The molecule has 0 amide bonds.